The SMILES string of the molecule is CC(C)N(C)c1ccc(Br)cn1. The average Bonchev–Trinajstić information content (AvgIpc) is 2.04. The number of halogens is 1. The summed E-state index contributed by atoms with van der Waals surface area (Å²) in [6, 6.07) is 4.49. The van der Waals surface area contributed by atoms with E-state index in [9.17, 15) is 0 Å². The highest BCUT2D eigenvalue weighted by molar-refractivity contribution is 9.10. The largest absolute Gasteiger partial charge is 0.357 e. The van der Waals surface area contributed by atoms with Gasteiger partial charge in [0.1, 0.15) is 5.82 Å². The molecular formula is C9H13BrN2. The third kappa shape index (κ3) is 2.21. The molecule has 0 atom stereocenters. The van der Waals surface area contributed by atoms with Crippen molar-refractivity contribution in [3.63, 3.8) is 0 Å². The molecule has 1 rings (SSSR count). The van der Waals surface area contributed by atoms with Crippen LogP contribution in [-0.2, 0) is 0 Å². The zero-order valence-electron chi connectivity index (χ0n) is 7.58. The van der Waals surface area contributed by atoms with Crippen LogP contribution in [0.2, 0.25) is 0 Å². The van der Waals surface area contributed by atoms with E-state index < -0.39 is 0 Å². The number of hydrogen-bond donors (Lipinski definition) is 0. The minimum atomic E-state index is 0.485. The van der Waals surface area contributed by atoms with Crippen LogP contribution < -0.4 is 4.90 Å². The van der Waals surface area contributed by atoms with Crippen LogP contribution in [0, 0.1) is 0 Å². The van der Waals surface area contributed by atoms with Gasteiger partial charge in [-0.2, -0.15) is 0 Å². The summed E-state index contributed by atoms with van der Waals surface area (Å²) in [5, 5.41) is 0. The Morgan fingerprint density at radius 1 is 1.42 bits per heavy atom. The van der Waals surface area contributed by atoms with E-state index >= 15 is 0 Å². The van der Waals surface area contributed by atoms with Crippen LogP contribution in [0.5, 0.6) is 0 Å². The van der Waals surface area contributed by atoms with Gasteiger partial charge in [-0.3, -0.25) is 0 Å². The van der Waals surface area contributed by atoms with E-state index in [-0.39, 0.29) is 0 Å². The maximum Gasteiger partial charge on any atom is 0.128 e. The monoisotopic (exact) mass is 228 g/mol. The van der Waals surface area contributed by atoms with E-state index in [4.69, 9.17) is 0 Å². The molecule has 0 aliphatic carbocycles. The Labute approximate surface area is 81.7 Å². The molecule has 3 heteroatoms. The van der Waals surface area contributed by atoms with Crippen LogP contribution in [0.4, 0.5) is 5.82 Å². The highest BCUT2D eigenvalue weighted by Gasteiger charge is 2.04. The predicted octanol–water partition coefficient (Wildman–Crippen LogP) is 2.69. The number of pyridine rings is 1. The summed E-state index contributed by atoms with van der Waals surface area (Å²) in [6.07, 6.45) is 1.81. The molecule has 66 valence electrons. The highest BCUT2D eigenvalue weighted by Crippen LogP contribution is 2.14. The normalized spacial score (nSPS) is 10.4. The highest BCUT2D eigenvalue weighted by atomic mass is 79.9. The number of rotatable bonds is 2. The van der Waals surface area contributed by atoms with E-state index in [1.807, 2.05) is 25.4 Å². The average molecular weight is 229 g/mol. The molecular weight excluding hydrogens is 216 g/mol. The summed E-state index contributed by atoms with van der Waals surface area (Å²) >= 11 is 3.35. The molecule has 0 aliphatic rings. The fraction of sp³-hybridized carbons (Fsp3) is 0.444. The predicted molar refractivity (Wildman–Crippen MR) is 55.5 cm³/mol. The molecule has 0 fully saturated rings. The van der Waals surface area contributed by atoms with Gasteiger partial charge >= 0.3 is 0 Å². The Balaban J connectivity index is 2.82. The van der Waals surface area contributed by atoms with Gasteiger partial charge in [-0.25, -0.2) is 4.98 Å². The molecule has 1 aromatic rings. The van der Waals surface area contributed by atoms with Gasteiger partial charge in [-0.1, -0.05) is 0 Å². The Hall–Kier alpha value is -0.570. The quantitative estimate of drug-likeness (QED) is 0.775. The maximum atomic E-state index is 4.28. The molecule has 0 unspecified atom stereocenters. The lowest BCUT2D eigenvalue weighted by Gasteiger charge is -2.22. The molecule has 0 aliphatic heterocycles. The lowest BCUT2D eigenvalue weighted by atomic mass is 10.3. The molecule has 0 spiro atoms. The van der Waals surface area contributed by atoms with Crippen LogP contribution >= 0.6 is 15.9 Å². The van der Waals surface area contributed by atoms with Crippen molar-refractivity contribution in [3.8, 4) is 0 Å². The molecule has 0 bridgehead atoms. The summed E-state index contributed by atoms with van der Waals surface area (Å²) < 4.78 is 1.02. The molecule has 12 heavy (non-hydrogen) atoms. The van der Waals surface area contributed by atoms with Crippen molar-refractivity contribution >= 4 is 21.7 Å². The molecule has 2 nitrogen and oxygen atoms in total. The van der Waals surface area contributed by atoms with Gasteiger partial charge in [-0.15, -0.1) is 0 Å². The molecule has 0 N–H and O–H groups in total. The maximum absolute atomic E-state index is 4.28. The van der Waals surface area contributed by atoms with Crippen molar-refractivity contribution in [2.45, 2.75) is 19.9 Å². The molecule has 1 heterocycles. The summed E-state index contributed by atoms with van der Waals surface area (Å²) in [4.78, 5) is 6.41. The van der Waals surface area contributed by atoms with E-state index in [1.54, 1.807) is 0 Å². The van der Waals surface area contributed by atoms with Crippen molar-refractivity contribution in [2.24, 2.45) is 0 Å². The van der Waals surface area contributed by atoms with Gasteiger partial charge in [0.05, 0.1) is 0 Å². The van der Waals surface area contributed by atoms with E-state index in [0.717, 1.165) is 10.3 Å². The zero-order valence-corrected chi connectivity index (χ0v) is 9.17. The lowest BCUT2D eigenvalue weighted by molar-refractivity contribution is 0.743. The van der Waals surface area contributed by atoms with Gasteiger partial charge in [-0.05, 0) is 41.9 Å². The minimum absolute atomic E-state index is 0.485. The van der Waals surface area contributed by atoms with Crippen molar-refractivity contribution < 1.29 is 0 Å². The fourth-order valence-electron chi connectivity index (χ4n) is 0.841. The number of aromatic nitrogens is 1. The Kier molecular flexibility index (Phi) is 3.09. The zero-order chi connectivity index (χ0) is 9.14. The van der Waals surface area contributed by atoms with Crippen LogP contribution in [0.15, 0.2) is 22.8 Å². The number of nitrogens with zero attached hydrogens (tertiary/aromatic N) is 2. The van der Waals surface area contributed by atoms with Crippen molar-refractivity contribution in [2.75, 3.05) is 11.9 Å². The Morgan fingerprint density at radius 3 is 2.50 bits per heavy atom. The van der Waals surface area contributed by atoms with E-state index in [1.165, 1.54) is 0 Å². The molecule has 0 saturated heterocycles. The Bertz CT molecular complexity index is 243. The molecule has 0 aromatic carbocycles. The summed E-state index contributed by atoms with van der Waals surface area (Å²) in [5.41, 5.74) is 0. The summed E-state index contributed by atoms with van der Waals surface area (Å²) in [6.45, 7) is 4.29. The summed E-state index contributed by atoms with van der Waals surface area (Å²) in [7, 11) is 2.04. The standard InChI is InChI=1S/C9H13BrN2/c1-7(2)12(3)9-5-4-8(10)6-11-9/h4-7H,1-3H3. The Morgan fingerprint density at radius 2 is 2.08 bits per heavy atom. The topological polar surface area (TPSA) is 16.1 Å². The van der Waals surface area contributed by atoms with E-state index in [0.29, 0.717) is 6.04 Å². The first-order valence-corrected chi connectivity index (χ1v) is 4.75. The van der Waals surface area contributed by atoms with Crippen LogP contribution in [-0.4, -0.2) is 18.1 Å². The second-order valence-electron chi connectivity index (χ2n) is 3.04. The van der Waals surface area contributed by atoms with Crippen LogP contribution in [0.25, 0.3) is 0 Å². The van der Waals surface area contributed by atoms with Gasteiger partial charge < -0.3 is 4.90 Å². The van der Waals surface area contributed by atoms with E-state index in [2.05, 4.69) is 39.7 Å². The number of anilines is 1. The first kappa shape index (κ1) is 9.52. The lowest BCUT2D eigenvalue weighted by Crippen LogP contribution is -2.26. The van der Waals surface area contributed by atoms with Crippen molar-refractivity contribution in [1.82, 2.24) is 4.98 Å². The second kappa shape index (κ2) is 3.90. The van der Waals surface area contributed by atoms with Crippen molar-refractivity contribution in [1.29, 1.82) is 0 Å². The minimum Gasteiger partial charge on any atom is -0.357 e. The smallest absolute Gasteiger partial charge is 0.128 e. The number of hydrogen-bond acceptors (Lipinski definition) is 2. The third-order valence-electron chi connectivity index (χ3n) is 1.85. The molecule has 1 aromatic heterocycles. The first-order valence-electron chi connectivity index (χ1n) is 3.95. The van der Waals surface area contributed by atoms with Gasteiger partial charge in [0.2, 0.25) is 0 Å². The van der Waals surface area contributed by atoms with Gasteiger partial charge in [0.25, 0.3) is 0 Å². The molecule has 0 radical (unpaired) electrons. The summed E-state index contributed by atoms with van der Waals surface area (Å²) in [5.74, 6) is 1.01. The van der Waals surface area contributed by atoms with Gasteiger partial charge in [0.15, 0.2) is 0 Å². The molecule has 0 saturated carbocycles. The fourth-order valence-corrected chi connectivity index (χ4v) is 1.08. The van der Waals surface area contributed by atoms with Crippen molar-refractivity contribution in [3.05, 3.63) is 22.8 Å². The third-order valence-corrected chi connectivity index (χ3v) is 2.32. The molecule has 0 amide bonds. The van der Waals surface area contributed by atoms with Crippen LogP contribution in [0.3, 0.4) is 0 Å². The van der Waals surface area contributed by atoms with Crippen LogP contribution in [0.1, 0.15) is 13.8 Å². The first-order chi connectivity index (χ1) is 5.61. The second-order valence-corrected chi connectivity index (χ2v) is 3.95. The van der Waals surface area contributed by atoms with Gasteiger partial charge in [0, 0.05) is 23.8 Å².